The van der Waals surface area contributed by atoms with E-state index < -0.39 is 0 Å². The number of hydrogen-bond donors (Lipinski definition) is 1. The average Bonchev–Trinajstić information content (AvgIpc) is 2.32. The summed E-state index contributed by atoms with van der Waals surface area (Å²) in [7, 11) is 2.12. The molecule has 0 radical (unpaired) electrons. The van der Waals surface area contributed by atoms with E-state index in [2.05, 4.69) is 16.8 Å². The molecule has 1 unspecified atom stereocenters. The van der Waals surface area contributed by atoms with Crippen molar-refractivity contribution < 1.29 is 4.39 Å². The first-order valence-electron chi connectivity index (χ1n) is 6.07. The maximum Gasteiger partial charge on any atom is 0.128 e. The summed E-state index contributed by atoms with van der Waals surface area (Å²) in [5.74, 6) is -0.200. The lowest BCUT2D eigenvalue weighted by Gasteiger charge is -2.33. The molecule has 94 valence electrons. The fraction of sp³-hybridized carbons (Fsp3) is 0.538. The highest BCUT2D eigenvalue weighted by molar-refractivity contribution is 5.21. The summed E-state index contributed by atoms with van der Waals surface area (Å²) in [6.07, 6.45) is 0. The highest BCUT2D eigenvalue weighted by atomic mass is 19.1. The smallest absolute Gasteiger partial charge is 0.128 e. The van der Waals surface area contributed by atoms with Crippen LogP contribution in [0.4, 0.5) is 4.39 Å². The van der Waals surface area contributed by atoms with Gasteiger partial charge in [-0.2, -0.15) is 0 Å². The second-order valence-electron chi connectivity index (χ2n) is 4.73. The molecule has 1 saturated heterocycles. The van der Waals surface area contributed by atoms with Gasteiger partial charge in [-0.1, -0.05) is 18.2 Å². The van der Waals surface area contributed by atoms with Crippen LogP contribution in [-0.2, 0) is 0 Å². The monoisotopic (exact) mass is 237 g/mol. The summed E-state index contributed by atoms with van der Waals surface area (Å²) in [6, 6.07) is 6.54. The van der Waals surface area contributed by atoms with Gasteiger partial charge in [0, 0.05) is 44.3 Å². The largest absolute Gasteiger partial charge is 0.323 e. The van der Waals surface area contributed by atoms with Gasteiger partial charge in [-0.3, -0.25) is 4.90 Å². The van der Waals surface area contributed by atoms with Gasteiger partial charge in [0.1, 0.15) is 5.82 Å². The summed E-state index contributed by atoms with van der Waals surface area (Å²) in [6.45, 7) is 4.88. The molecule has 17 heavy (non-hydrogen) atoms. The Balaban J connectivity index is 1.93. The first-order chi connectivity index (χ1) is 8.16. The van der Waals surface area contributed by atoms with Crippen LogP contribution >= 0.6 is 0 Å². The van der Waals surface area contributed by atoms with Crippen molar-refractivity contribution in [2.24, 2.45) is 5.73 Å². The lowest BCUT2D eigenvalue weighted by molar-refractivity contribution is 0.147. The molecule has 4 heteroatoms. The van der Waals surface area contributed by atoms with Crippen LogP contribution in [0.25, 0.3) is 0 Å². The SMILES string of the molecule is CN1CCN(CC(N)c2ccccc2F)CC1. The Morgan fingerprint density at radius 1 is 1.24 bits per heavy atom. The van der Waals surface area contributed by atoms with Crippen molar-refractivity contribution in [1.29, 1.82) is 0 Å². The third-order valence-corrected chi connectivity index (χ3v) is 3.36. The Labute approximate surface area is 102 Å². The van der Waals surface area contributed by atoms with Crippen LogP contribution in [0.15, 0.2) is 24.3 Å². The normalized spacial score (nSPS) is 20.4. The second-order valence-corrected chi connectivity index (χ2v) is 4.73. The highest BCUT2D eigenvalue weighted by Gasteiger charge is 2.18. The summed E-state index contributed by atoms with van der Waals surface area (Å²) in [5, 5.41) is 0. The zero-order valence-electron chi connectivity index (χ0n) is 10.3. The zero-order chi connectivity index (χ0) is 12.3. The Bertz CT molecular complexity index is 361. The van der Waals surface area contributed by atoms with Gasteiger partial charge in [-0.25, -0.2) is 4.39 Å². The molecule has 2 rings (SSSR count). The highest BCUT2D eigenvalue weighted by Crippen LogP contribution is 2.16. The van der Waals surface area contributed by atoms with Gasteiger partial charge in [-0.05, 0) is 13.1 Å². The third-order valence-electron chi connectivity index (χ3n) is 3.36. The number of likely N-dealkylation sites (N-methyl/N-ethyl adjacent to an activating group) is 1. The minimum atomic E-state index is -0.236. The third kappa shape index (κ3) is 3.25. The molecular weight excluding hydrogens is 217 g/mol. The van der Waals surface area contributed by atoms with E-state index in [4.69, 9.17) is 5.73 Å². The van der Waals surface area contributed by atoms with E-state index in [-0.39, 0.29) is 11.9 Å². The maximum atomic E-state index is 13.5. The number of benzene rings is 1. The van der Waals surface area contributed by atoms with Gasteiger partial charge in [0.05, 0.1) is 0 Å². The number of nitrogens with zero attached hydrogens (tertiary/aromatic N) is 2. The van der Waals surface area contributed by atoms with Gasteiger partial charge >= 0.3 is 0 Å². The molecule has 0 saturated carbocycles. The van der Waals surface area contributed by atoms with Gasteiger partial charge < -0.3 is 10.6 Å². The van der Waals surface area contributed by atoms with E-state index in [1.807, 2.05) is 6.07 Å². The molecule has 1 fully saturated rings. The topological polar surface area (TPSA) is 32.5 Å². The molecule has 3 nitrogen and oxygen atoms in total. The molecular formula is C13H20FN3. The van der Waals surface area contributed by atoms with Crippen LogP contribution in [0.1, 0.15) is 11.6 Å². The van der Waals surface area contributed by atoms with Crippen LogP contribution in [0.5, 0.6) is 0 Å². The molecule has 2 N–H and O–H groups in total. The summed E-state index contributed by atoms with van der Waals surface area (Å²) in [4.78, 5) is 4.60. The molecule has 0 aromatic heterocycles. The molecule has 1 atom stereocenters. The van der Waals surface area contributed by atoms with E-state index >= 15 is 0 Å². The molecule has 1 aromatic carbocycles. The van der Waals surface area contributed by atoms with Crippen molar-refractivity contribution in [1.82, 2.24) is 9.80 Å². The van der Waals surface area contributed by atoms with Crippen LogP contribution < -0.4 is 5.73 Å². The fourth-order valence-electron chi connectivity index (χ4n) is 2.18. The first-order valence-corrected chi connectivity index (χ1v) is 6.07. The minimum absolute atomic E-state index is 0.200. The van der Waals surface area contributed by atoms with Crippen molar-refractivity contribution >= 4 is 0 Å². The predicted molar refractivity (Wildman–Crippen MR) is 67.3 cm³/mol. The maximum absolute atomic E-state index is 13.5. The number of hydrogen-bond acceptors (Lipinski definition) is 3. The zero-order valence-corrected chi connectivity index (χ0v) is 10.3. The Morgan fingerprint density at radius 3 is 2.53 bits per heavy atom. The fourth-order valence-corrected chi connectivity index (χ4v) is 2.18. The molecule has 1 aromatic rings. The van der Waals surface area contributed by atoms with Crippen LogP contribution in [0.2, 0.25) is 0 Å². The first kappa shape index (κ1) is 12.5. The Hall–Kier alpha value is -0.970. The van der Waals surface area contributed by atoms with Crippen molar-refractivity contribution in [2.75, 3.05) is 39.8 Å². The number of rotatable bonds is 3. The lowest BCUT2D eigenvalue weighted by atomic mass is 10.1. The summed E-state index contributed by atoms with van der Waals surface area (Å²) < 4.78 is 13.5. The van der Waals surface area contributed by atoms with Crippen molar-refractivity contribution in [2.45, 2.75) is 6.04 Å². The van der Waals surface area contributed by atoms with E-state index in [0.717, 1.165) is 32.7 Å². The van der Waals surface area contributed by atoms with Crippen molar-refractivity contribution in [3.63, 3.8) is 0 Å². The minimum Gasteiger partial charge on any atom is -0.323 e. The summed E-state index contributed by atoms with van der Waals surface area (Å²) in [5.41, 5.74) is 6.68. The number of nitrogens with two attached hydrogens (primary N) is 1. The van der Waals surface area contributed by atoms with E-state index in [1.165, 1.54) is 6.07 Å². The number of piperazine rings is 1. The second kappa shape index (κ2) is 5.58. The Morgan fingerprint density at radius 2 is 1.88 bits per heavy atom. The molecule has 0 spiro atoms. The van der Waals surface area contributed by atoms with Crippen LogP contribution in [0, 0.1) is 5.82 Å². The van der Waals surface area contributed by atoms with Crippen molar-refractivity contribution in [3.05, 3.63) is 35.6 Å². The quantitative estimate of drug-likeness (QED) is 0.853. The molecule has 0 amide bonds. The van der Waals surface area contributed by atoms with Crippen molar-refractivity contribution in [3.8, 4) is 0 Å². The molecule has 1 heterocycles. The summed E-state index contributed by atoms with van der Waals surface area (Å²) >= 11 is 0. The lowest BCUT2D eigenvalue weighted by Crippen LogP contribution is -2.46. The van der Waals surface area contributed by atoms with E-state index in [1.54, 1.807) is 12.1 Å². The van der Waals surface area contributed by atoms with E-state index in [9.17, 15) is 4.39 Å². The Kier molecular flexibility index (Phi) is 4.10. The van der Waals surface area contributed by atoms with E-state index in [0.29, 0.717) is 5.56 Å². The van der Waals surface area contributed by atoms with Gasteiger partial charge in [-0.15, -0.1) is 0 Å². The predicted octanol–water partition coefficient (Wildman–Crippen LogP) is 1.07. The molecule has 1 aliphatic heterocycles. The number of halogens is 1. The molecule has 0 aliphatic carbocycles. The standard InChI is InChI=1S/C13H20FN3/c1-16-6-8-17(9-7-16)10-13(15)11-4-2-3-5-12(11)14/h2-5,13H,6-10,15H2,1H3. The van der Waals surface area contributed by atoms with Gasteiger partial charge in [0.15, 0.2) is 0 Å². The van der Waals surface area contributed by atoms with Crippen LogP contribution in [-0.4, -0.2) is 49.6 Å². The van der Waals surface area contributed by atoms with Gasteiger partial charge in [0.25, 0.3) is 0 Å². The molecule has 0 bridgehead atoms. The molecule has 1 aliphatic rings. The average molecular weight is 237 g/mol. The van der Waals surface area contributed by atoms with Crippen LogP contribution in [0.3, 0.4) is 0 Å². The van der Waals surface area contributed by atoms with Gasteiger partial charge in [0.2, 0.25) is 0 Å².